The van der Waals surface area contributed by atoms with Crippen LogP contribution in [0.1, 0.15) is 49.5 Å². The van der Waals surface area contributed by atoms with Crippen LogP contribution in [0.3, 0.4) is 0 Å². The van der Waals surface area contributed by atoms with Crippen LogP contribution in [0.15, 0.2) is 24.3 Å². The van der Waals surface area contributed by atoms with Crippen LogP contribution in [-0.2, 0) is 0 Å². The molecule has 0 spiro atoms. The molecular formula is C14H20O. The zero-order chi connectivity index (χ0) is 11.5. The van der Waals surface area contributed by atoms with E-state index >= 15 is 0 Å². The molecule has 0 saturated carbocycles. The first-order chi connectivity index (χ1) is 6.90. The van der Waals surface area contributed by atoms with Crippen LogP contribution in [0.4, 0.5) is 0 Å². The lowest BCUT2D eigenvalue weighted by Gasteiger charge is -2.17. The van der Waals surface area contributed by atoms with E-state index in [2.05, 4.69) is 20.8 Å². The van der Waals surface area contributed by atoms with Crippen molar-refractivity contribution in [3.63, 3.8) is 0 Å². The second kappa shape index (κ2) is 4.61. The molecule has 1 nitrogen and oxygen atoms in total. The fourth-order valence-electron chi connectivity index (χ4n) is 1.51. The Kier molecular flexibility index (Phi) is 3.67. The van der Waals surface area contributed by atoms with E-state index in [1.54, 1.807) is 0 Å². The van der Waals surface area contributed by atoms with Gasteiger partial charge in [0, 0.05) is 12.0 Å². The normalized spacial score (nSPS) is 11.5. The van der Waals surface area contributed by atoms with Gasteiger partial charge < -0.3 is 0 Å². The highest BCUT2D eigenvalue weighted by atomic mass is 16.1. The Labute approximate surface area is 92.5 Å². The van der Waals surface area contributed by atoms with Gasteiger partial charge in [0.25, 0.3) is 0 Å². The average Bonchev–Trinajstić information content (AvgIpc) is 2.14. The SMILES string of the molecule is Cc1ccccc1C(=O)CCC(C)(C)C. The monoisotopic (exact) mass is 204 g/mol. The summed E-state index contributed by atoms with van der Waals surface area (Å²) >= 11 is 0. The minimum atomic E-state index is 0.234. The first-order valence-corrected chi connectivity index (χ1v) is 5.49. The van der Waals surface area contributed by atoms with E-state index in [0.29, 0.717) is 6.42 Å². The predicted octanol–water partition coefficient (Wildman–Crippen LogP) is 4.00. The van der Waals surface area contributed by atoms with Gasteiger partial charge in [-0.25, -0.2) is 0 Å². The van der Waals surface area contributed by atoms with Crippen molar-refractivity contribution in [1.29, 1.82) is 0 Å². The van der Waals surface area contributed by atoms with Crippen LogP contribution in [0.2, 0.25) is 0 Å². The molecule has 0 saturated heterocycles. The predicted molar refractivity (Wildman–Crippen MR) is 64.2 cm³/mol. The Morgan fingerprint density at radius 2 is 1.80 bits per heavy atom. The largest absolute Gasteiger partial charge is 0.294 e. The average molecular weight is 204 g/mol. The molecule has 1 aromatic carbocycles. The second-order valence-electron chi connectivity index (χ2n) is 5.30. The zero-order valence-electron chi connectivity index (χ0n) is 10.1. The molecule has 0 aliphatic rings. The third-order valence-electron chi connectivity index (χ3n) is 2.55. The van der Waals surface area contributed by atoms with Crippen LogP contribution < -0.4 is 0 Å². The van der Waals surface area contributed by atoms with Crippen molar-refractivity contribution in [2.24, 2.45) is 5.41 Å². The number of ketones is 1. The highest BCUT2D eigenvalue weighted by Gasteiger charge is 2.14. The summed E-state index contributed by atoms with van der Waals surface area (Å²) in [6, 6.07) is 7.80. The molecule has 0 bridgehead atoms. The van der Waals surface area contributed by atoms with Gasteiger partial charge in [0.2, 0.25) is 0 Å². The summed E-state index contributed by atoms with van der Waals surface area (Å²) in [5, 5.41) is 0. The van der Waals surface area contributed by atoms with Crippen molar-refractivity contribution in [3.05, 3.63) is 35.4 Å². The standard InChI is InChI=1S/C14H20O/c1-11-7-5-6-8-12(11)13(15)9-10-14(2,3)4/h5-8H,9-10H2,1-4H3. The van der Waals surface area contributed by atoms with E-state index in [1.807, 2.05) is 31.2 Å². The molecule has 0 N–H and O–H groups in total. The molecule has 0 atom stereocenters. The van der Waals surface area contributed by atoms with E-state index in [-0.39, 0.29) is 11.2 Å². The molecule has 0 amide bonds. The van der Waals surface area contributed by atoms with Crippen molar-refractivity contribution in [2.45, 2.75) is 40.5 Å². The number of Topliss-reactive ketones (excluding diaryl/α,β-unsaturated/α-hetero) is 1. The molecule has 0 fully saturated rings. The van der Waals surface area contributed by atoms with Crippen LogP contribution in [0.25, 0.3) is 0 Å². The maximum Gasteiger partial charge on any atom is 0.163 e. The number of hydrogen-bond acceptors (Lipinski definition) is 1. The minimum absolute atomic E-state index is 0.234. The second-order valence-corrected chi connectivity index (χ2v) is 5.30. The Morgan fingerprint density at radius 1 is 1.20 bits per heavy atom. The Bertz CT molecular complexity index is 345. The Hall–Kier alpha value is -1.11. The van der Waals surface area contributed by atoms with Gasteiger partial charge in [-0.05, 0) is 24.3 Å². The van der Waals surface area contributed by atoms with Crippen molar-refractivity contribution in [2.75, 3.05) is 0 Å². The van der Waals surface area contributed by atoms with Crippen LogP contribution in [0.5, 0.6) is 0 Å². The first kappa shape index (κ1) is 12.0. The lowest BCUT2D eigenvalue weighted by molar-refractivity contribution is 0.0965. The molecule has 0 aromatic heterocycles. The summed E-state index contributed by atoms with van der Waals surface area (Å²) in [5.41, 5.74) is 2.19. The number of rotatable bonds is 3. The molecule has 82 valence electrons. The Morgan fingerprint density at radius 3 is 2.33 bits per heavy atom. The molecule has 0 aliphatic carbocycles. The molecule has 0 radical (unpaired) electrons. The smallest absolute Gasteiger partial charge is 0.163 e. The highest BCUT2D eigenvalue weighted by molar-refractivity contribution is 5.97. The minimum Gasteiger partial charge on any atom is -0.294 e. The molecule has 15 heavy (non-hydrogen) atoms. The summed E-state index contributed by atoms with van der Waals surface area (Å²) in [6.07, 6.45) is 1.59. The molecule has 0 aliphatic heterocycles. The van der Waals surface area contributed by atoms with Gasteiger partial charge in [-0.2, -0.15) is 0 Å². The van der Waals surface area contributed by atoms with E-state index in [9.17, 15) is 4.79 Å². The summed E-state index contributed by atoms with van der Waals surface area (Å²) in [6.45, 7) is 8.48. The molecule has 1 heteroatoms. The van der Waals surface area contributed by atoms with Gasteiger partial charge in [0.15, 0.2) is 5.78 Å². The van der Waals surface area contributed by atoms with E-state index in [0.717, 1.165) is 17.5 Å². The lowest BCUT2D eigenvalue weighted by Crippen LogP contribution is -2.09. The number of hydrogen-bond donors (Lipinski definition) is 0. The van der Waals surface area contributed by atoms with Crippen molar-refractivity contribution < 1.29 is 4.79 Å². The molecule has 0 heterocycles. The zero-order valence-corrected chi connectivity index (χ0v) is 10.1. The van der Waals surface area contributed by atoms with Gasteiger partial charge in [-0.15, -0.1) is 0 Å². The fourth-order valence-corrected chi connectivity index (χ4v) is 1.51. The van der Waals surface area contributed by atoms with Crippen LogP contribution in [0, 0.1) is 12.3 Å². The first-order valence-electron chi connectivity index (χ1n) is 5.49. The summed E-state index contributed by atoms with van der Waals surface area (Å²) in [7, 11) is 0. The van der Waals surface area contributed by atoms with Crippen molar-refractivity contribution in [1.82, 2.24) is 0 Å². The van der Waals surface area contributed by atoms with Crippen molar-refractivity contribution >= 4 is 5.78 Å². The molecule has 1 aromatic rings. The summed E-state index contributed by atoms with van der Waals surface area (Å²) in [4.78, 5) is 11.9. The quantitative estimate of drug-likeness (QED) is 0.680. The lowest BCUT2D eigenvalue weighted by atomic mass is 9.88. The van der Waals surface area contributed by atoms with Gasteiger partial charge in [0.05, 0.1) is 0 Å². The molecular weight excluding hydrogens is 184 g/mol. The Balaban J connectivity index is 2.66. The third-order valence-corrected chi connectivity index (χ3v) is 2.55. The molecule has 0 unspecified atom stereocenters. The number of benzene rings is 1. The number of carbonyl (C=O) groups excluding carboxylic acids is 1. The van der Waals surface area contributed by atoms with E-state index in [4.69, 9.17) is 0 Å². The molecule has 1 rings (SSSR count). The van der Waals surface area contributed by atoms with Crippen molar-refractivity contribution in [3.8, 4) is 0 Å². The van der Waals surface area contributed by atoms with Crippen LogP contribution >= 0.6 is 0 Å². The third kappa shape index (κ3) is 3.86. The highest BCUT2D eigenvalue weighted by Crippen LogP contribution is 2.22. The number of aryl methyl sites for hydroxylation is 1. The van der Waals surface area contributed by atoms with E-state index < -0.39 is 0 Å². The van der Waals surface area contributed by atoms with E-state index in [1.165, 1.54) is 0 Å². The maximum absolute atomic E-state index is 11.9. The van der Waals surface area contributed by atoms with Gasteiger partial charge >= 0.3 is 0 Å². The summed E-state index contributed by atoms with van der Waals surface area (Å²) < 4.78 is 0. The van der Waals surface area contributed by atoms with Crippen LogP contribution in [-0.4, -0.2) is 5.78 Å². The topological polar surface area (TPSA) is 17.1 Å². The maximum atomic E-state index is 11.9. The van der Waals surface area contributed by atoms with Gasteiger partial charge in [-0.3, -0.25) is 4.79 Å². The van der Waals surface area contributed by atoms with Gasteiger partial charge in [-0.1, -0.05) is 45.0 Å². The number of carbonyl (C=O) groups is 1. The fraction of sp³-hybridized carbons (Fsp3) is 0.500. The van der Waals surface area contributed by atoms with Gasteiger partial charge in [0.1, 0.15) is 0 Å². The summed E-state index contributed by atoms with van der Waals surface area (Å²) in [5.74, 6) is 0.267.